The van der Waals surface area contributed by atoms with E-state index in [9.17, 15) is 4.79 Å². The van der Waals surface area contributed by atoms with Crippen molar-refractivity contribution in [3.05, 3.63) is 32.9 Å². The molecule has 0 saturated carbocycles. The van der Waals surface area contributed by atoms with Crippen molar-refractivity contribution in [1.29, 1.82) is 0 Å². The molecule has 0 heterocycles. The van der Waals surface area contributed by atoms with E-state index in [1.807, 2.05) is 18.2 Å². The lowest BCUT2D eigenvalue weighted by Crippen LogP contribution is -2.04. The van der Waals surface area contributed by atoms with Crippen LogP contribution in [0.2, 0.25) is 0 Å². The van der Waals surface area contributed by atoms with Crippen molar-refractivity contribution in [3.63, 3.8) is 0 Å². The minimum atomic E-state index is 0.234. The van der Waals surface area contributed by atoms with E-state index in [4.69, 9.17) is 0 Å². The van der Waals surface area contributed by atoms with Gasteiger partial charge in [0.2, 0.25) is 0 Å². The molecule has 0 radical (unpaired) electrons. The van der Waals surface area contributed by atoms with Crippen molar-refractivity contribution in [2.24, 2.45) is 0 Å². The van der Waals surface area contributed by atoms with E-state index >= 15 is 0 Å². The molecule has 0 N–H and O–H groups in total. The van der Waals surface area contributed by atoms with Crippen LogP contribution in [0.1, 0.15) is 29.3 Å². The number of benzene rings is 1. The number of aryl methyl sites for hydroxylation is 1. The van der Waals surface area contributed by atoms with Crippen LogP contribution in [0, 0.1) is 3.57 Å². The molecule has 0 amide bonds. The quantitative estimate of drug-likeness (QED) is 0.449. The molecule has 14 heavy (non-hydrogen) atoms. The van der Waals surface area contributed by atoms with Gasteiger partial charge in [0.1, 0.15) is 0 Å². The summed E-state index contributed by atoms with van der Waals surface area (Å²) in [6.07, 6.45) is 1.49. The fourth-order valence-corrected chi connectivity index (χ4v) is 2.19. The fourth-order valence-electron chi connectivity index (χ4n) is 1.34. The average Bonchev–Trinajstić information content (AvgIpc) is 2.18. The number of alkyl halides is 1. The molecule has 0 aliphatic carbocycles. The van der Waals surface area contributed by atoms with Crippen molar-refractivity contribution in [1.82, 2.24) is 0 Å². The van der Waals surface area contributed by atoms with Gasteiger partial charge < -0.3 is 0 Å². The predicted molar refractivity (Wildman–Crippen MR) is 71.3 cm³/mol. The van der Waals surface area contributed by atoms with Crippen LogP contribution in [0.4, 0.5) is 0 Å². The van der Waals surface area contributed by atoms with Crippen molar-refractivity contribution in [3.8, 4) is 0 Å². The van der Waals surface area contributed by atoms with E-state index in [1.165, 1.54) is 0 Å². The summed E-state index contributed by atoms with van der Waals surface area (Å²) in [5.74, 6) is 0.234. The van der Waals surface area contributed by atoms with Crippen LogP contribution in [-0.2, 0) is 6.42 Å². The Balaban J connectivity index is 3.03. The lowest BCUT2D eigenvalue weighted by molar-refractivity contribution is 0.0989. The molecule has 1 aromatic rings. The first-order valence-corrected chi connectivity index (χ1v) is 6.76. The second-order valence-electron chi connectivity index (χ2n) is 3.02. The molecule has 0 bridgehead atoms. The molecule has 0 aromatic heterocycles. The molecule has 1 rings (SSSR count). The summed E-state index contributed by atoms with van der Waals surface area (Å²) in [6, 6.07) is 6.07. The number of carbonyl (C=O) groups is 1. The lowest BCUT2D eigenvalue weighted by atomic mass is 10.0. The Bertz CT molecular complexity index is 336. The smallest absolute Gasteiger partial charge is 0.164 e. The van der Waals surface area contributed by atoms with Gasteiger partial charge in [0.15, 0.2) is 5.78 Å². The molecule has 76 valence electrons. The molecule has 0 atom stereocenters. The number of hydrogen-bond donors (Lipinski definition) is 0. The first-order valence-electron chi connectivity index (χ1n) is 4.56. The molecule has 1 aromatic carbocycles. The third-order valence-corrected chi connectivity index (χ3v) is 3.14. The van der Waals surface area contributed by atoms with Gasteiger partial charge >= 0.3 is 0 Å². The number of hydrogen-bond acceptors (Lipinski definition) is 1. The zero-order valence-electron chi connectivity index (χ0n) is 8.02. The summed E-state index contributed by atoms with van der Waals surface area (Å²) < 4.78 is 1.12. The molecular weight excluding hydrogens is 355 g/mol. The number of ketones is 1. The van der Waals surface area contributed by atoms with E-state index in [1.54, 1.807) is 0 Å². The summed E-state index contributed by atoms with van der Waals surface area (Å²) in [4.78, 5) is 11.7. The topological polar surface area (TPSA) is 17.1 Å². The molecule has 1 nitrogen and oxygen atoms in total. The van der Waals surface area contributed by atoms with Crippen molar-refractivity contribution < 1.29 is 4.79 Å². The number of rotatable bonds is 4. The Morgan fingerprint density at radius 1 is 1.50 bits per heavy atom. The lowest BCUT2D eigenvalue weighted by Gasteiger charge is -2.06. The SMILES string of the molecule is CCc1ccc(I)cc1C(=O)CCBr. The van der Waals surface area contributed by atoms with Crippen molar-refractivity contribution >= 4 is 44.3 Å². The Labute approximate surface area is 107 Å². The van der Waals surface area contributed by atoms with E-state index in [-0.39, 0.29) is 5.78 Å². The Hall–Kier alpha value is 0.1000. The molecule has 0 fully saturated rings. The average molecular weight is 367 g/mol. The monoisotopic (exact) mass is 366 g/mol. The minimum absolute atomic E-state index is 0.234. The highest BCUT2D eigenvalue weighted by Crippen LogP contribution is 2.16. The largest absolute Gasteiger partial charge is 0.294 e. The number of carbonyl (C=O) groups excluding carboxylic acids is 1. The van der Waals surface area contributed by atoms with Gasteiger partial charge in [-0.2, -0.15) is 0 Å². The fraction of sp³-hybridized carbons (Fsp3) is 0.364. The Morgan fingerprint density at radius 3 is 2.79 bits per heavy atom. The number of Topliss-reactive ketones (excluding diaryl/α,β-unsaturated/α-hetero) is 1. The minimum Gasteiger partial charge on any atom is -0.294 e. The third kappa shape index (κ3) is 3.05. The van der Waals surface area contributed by atoms with Crippen LogP contribution >= 0.6 is 38.5 Å². The summed E-state index contributed by atoms with van der Waals surface area (Å²) in [6.45, 7) is 2.08. The van der Waals surface area contributed by atoms with E-state index in [0.29, 0.717) is 6.42 Å². The van der Waals surface area contributed by atoms with Crippen molar-refractivity contribution in [2.75, 3.05) is 5.33 Å². The highest BCUT2D eigenvalue weighted by Gasteiger charge is 2.09. The van der Waals surface area contributed by atoms with Crippen LogP contribution in [0.25, 0.3) is 0 Å². The summed E-state index contributed by atoms with van der Waals surface area (Å²) in [7, 11) is 0. The maximum absolute atomic E-state index is 11.7. The second kappa shape index (κ2) is 5.85. The van der Waals surface area contributed by atoms with Gasteiger partial charge in [0.25, 0.3) is 0 Å². The zero-order chi connectivity index (χ0) is 10.6. The molecule has 0 aliphatic heterocycles. The van der Waals surface area contributed by atoms with E-state index in [0.717, 1.165) is 26.4 Å². The van der Waals surface area contributed by atoms with E-state index < -0.39 is 0 Å². The van der Waals surface area contributed by atoms with Gasteiger partial charge in [-0.3, -0.25) is 4.79 Å². The second-order valence-corrected chi connectivity index (χ2v) is 5.06. The molecular formula is C11H12BrIO. The van der Waals surface area contributed by atoms with Gasteiger partial charge in [0.05, 0.1) is 0 Å². The zero-order valence-corrected chi connectivity index (χ0v) is 11.8. The highest BCUT2D eigenvalue weighted by molar-refractivity contribution is 14.1. The van der Waals surface area contributed by atoms with Gasteiger partial charge in [0, 0.05) is 20.9 Å². The molecule has 0 aliphatic rings. The first-order chi connectivity index (χ1) is 6.69. The Kier molecular flexibility index (Phi) is 5.09. The highest BCUT2D eigenvalue weighted by atomic mass is 127. The van der Waals surface area contributed by atoms with Crippen LogP contribution in [0.15, 0.2) is 18.2 Å². The molecule has 0 spiro atoms. The van der Waals surface area contributed by atoms with Crippen LogP contribution < -0.4 is 0 Å². The Morgan fingerprint density at radius 2 is 2.21 bits per heavy atom. The molecule has 0 saturated heterocycles. The van der Waals surface area contributed by atoms with Crippen molar-refractivity contribution in [2.45, 2.75) is 19.8 Å². The van der Waals surface area contributed by atoms with Gasteiger partial charge in [-0.25, -0.2) is 0 Å². The van der Waals surface area contributed by atoms with Crippen LogP contribution in [0.3, 0.4) is 0 Å². The standard InChI is InChI=1S/C11H12BrIO/c1-2-8-3-4-9(13)7-10(8)11(14)5-6-12/h3-4,7H,2,5-6H2,1H3. The summed E-state index contributed by atoms with van der Waals surface area (Å²) >= 11 is 5.53. The molecule has 0 unspecified atom stereocenters. The third-order valence-electron chi connectivity index (χ3n) is 2.07. The van der Waals surface area contributed by atoms with Crippen LogP contribution in [-0.4, -0.2) is 11.1 Å². The maximum Gasteiger partial charge on any atom is 0.164 e. The maximum atomic E-state index is 11.7. The van der Waals surface area contributed by atoms with Gasteiger partial charge in [-0.05, 0) is 46.7 Å². The summed E-state index contributed by atoms with van der Waals surface area (Å²) in [5.41, 5.74) is 2.04. The van der Waals surface area contributed by atoms with Gasteiger partial charge in [-0.1, -0.05) is 28.9 Å². The predicted octanol–water partition coefficient (Wildman–Crippen LogP) is 3.82. The van der Waals surface area contributed by atoms with E-state index in [2.05, 4.69) is 45.4 Å². The molecule has 3 heteroatoms. The summed E-state index contributed by atoms with van der Waals surface area (Å²) in [5, 5.41) is 0.737. The van der Waals surface area contributed by atoms with Crippen LogP contribution in [0.5, 0.6) is 0 Å². The normalized spacial score (nSPS) is 10.2. The number of halogens is 2. The first kappa shape index (κ1) is 12.2. The van der Waals surface area contributed by atoms with Gasteiger partial charge in [-0.15, -0.1) is 0 Å².